The van der Waals surface area contributed by atoms with E-state index in [4.69, 9.17) is 27.9 Å². The molecule has 0 aromatic heterocycles. The first kappa shape index (κ1) is 29.6. The van der Waals surface area contributed by atoms with Crippen molar-refractivity contribution in [2.45, 2.75) is 4.90 Å². The summed E-state index contributed by atoms with van der Waals surface area (Å²) < 4.78 is 33.2. The van der Waals surface area contributed by atoms with Gasteiger partial charge < -0.3 is 10.1 Å². The third-order valence-corrected chi connectivity index (χ3v) is 8.05. The molecule has 4 aromatic carbocycles. The highest BCUT2D eigenvalue weighted by molar-refractivity contribution is 7.92. The van der Waals surface area contributed by atoms with Crippen molar-refractivity contribution < 1.29 is 22.7 Å². The highest BCUT2D eigenvalue weighted by atomic mass is 35.5. The summed E-state index contributed by atoms with van der Waals surface area (Å²) in [6.45, 7) is -0.732. The summed E-state index contributed by atoms with van der Waals surface area (Å²) in [6.07, 6.45) is 1.39. The van der Waals surface area contributed by atoms with Gasteiger partial charge >= 0.3 is 0 Å². The van der Waals surface area contributed by atoms with Crippen LogP contribution in [0.4, 0.5) is 11.4 Å². The third-order valence-electron chi connectivity index (χ3n) is 5.52. The van der Waals surface area contributed by atoms with Crippen molar-refractivity contribution in [3.8, 4) is 5.75 Å². The molecule has 9 nitrogen and oxygen atoms in total. The van der Waals surface area contributed by atoms with Crippen LogP contribution in [0, 0.1) is 0 Å². The van der Waals surface area contributed by atoms with Crippen LogP contribution in [-0.4, -0.2) is 39.6 Å². The van der Waals surface area contributed by atoms with Crippen LogP contribution in [0.15, 0.2) is 113 Å². The maximum absolute atomic E-state index is 13.4. The van der Waals surface area contributed by atoms with Crippen molar-refractivity contribution in [2.24, 2.45) is 5.10 Å². The smallest absolute Gasteiger partial charge is 0.264 e. The Morgan fingerprint density at radius 1 is 0.829 bits per heavy atom. The Kier molecular flexibility index (Phi) is 9.96. The molecular formula is C29H24Cl2N4O5S. The number of anilines is 2. The van der Waals surface area contributed by atoms with E-state index in [1.165, 1.54) is 36.5 Å². The fourth-order valence-corrected chi connectivity index (χ4v) is 5.26. The highest BCUT2D eigenvalue weighted by Crippen LogP contribution is 2.30. The lowest BCUT2D eigenvalue weighted by Crippen LogP contribution is -2.39. The molecular weight excluding hydrogens is 587 g/mol. The number of ether oxygens (including phenoxy) is 1. The number of para-hydroxylation sites is 1. The van der Waals surface area contributed by atoms with Crippen LogP contribution < -0.4 is 19.8 Å². The molecule has 210 valence electrons. The van der Waals surface area contributed by atoms with E-state index in [1.54, 1.807) is 54.6 Å². The molecule has 0 saturated carbocycles. The summed E-state index contributed by atoms with van der Waals surface area (Å²) in [6, 6.07) is 27.7. The maximum Gasteiger partial charge on any atom is 0.264 e. The van der Waals surface area contributed by atoms with E-state index in [2.05, 4.69) is 15.8 Å². The van der Waals surface area contributed by atoms with Crippen molar-refractivity contribution >= 4 is 62.6 Å². The van der Waals surface area contributed by atoms with Gasteiger partial charge in [0.15, 0.2) is 6.61 Å². The number of halogens is 2. The molecule has 12 heteroatoms. The average molecular weight is 612 g/mol. The van der Waals surface area contributed by atoms with Gasteiger partial charge in [0.25, 0.3) is 21.8 Å². The van der Waals surface area contributed by atoms with Crippen molar-refractivity contribution in [1.82, 2.24) is 5.43 Å². The van der Waals surface area contributed by atoms with Crippen LogP contribution >= 0.6 is 23.2 Å². The van der Waals surface area contributed by atoms with Gasteiger partial charge in [-0.15, -0.1) is 0 Å². The number of sulfonamides is 1. The molecule has 0 heterocycles. The predicted molar refractivity (Wildman–Crippen MR) is 160 cm³/mol. The SMILES string of the molecule is O=C(CN(c1ccc(Cl)c(Cl)c1)S(=O)(=O)c1ccccc1)N/N=C\c1ccc(OCC(=O)Nc2ccccc2)cc1. The molecule has 0 bridgehead atoms. The quantitative estimate of drug-likeness (QED) is 0.175. The van der Waals surface area contributed by atoms with E-state index in [1.807, 2.05) is 18.2 Å². The van der Waals surface area contributed by atoms with Crippen LogP contribution in [0.5, 0.6) is 5.75 Å². The van der Waals surface area contributed by atoms with Crippen molar-refractivity contribution in [1.29, 1.82) is 0 Å². The number of hydrazone groups is 1. The van der Waals surface area contributed by atoms with Crippen LogP contribution in [-0.2, 0) is 19.6 Å². The van der Waals surface area contributed by atoms with Crippen molar-refractivity contribution in [3.05, 3.63) is 119 Å². The van der Waals surface area contributed by atoms with Gasteiger partial charge in [-0.25, -0.2) is 13.8 Å². The Bertz CT molecular complexity index is 1640. The van der Waals surface area contributed by atoms with Crippen LogP contribution in [0.3, 0.4) is 0 Å². The molecule has 41 heavy (non-hydrogen) atoms. The topological polar surface area (TPSA) is 117 Å². The summed E-state index contributed by atoms with van der Waals surface area (Å²) >= 11 is 12.1. The van der Waals surface area contributed by atoms with Crippen LogP contribution in [0.25, 0.3) is 0 Å². The van der Waals surface area contributed by atoms with Gasteiger partial charge in [0.1, 0.15) is 12.3 Å². The van der Waals surface area contributed by atoms with Gasteiger partial charge in [-0.1, -0.05) is 59.6 Å². The summed E-state index contributed by atoms with van der Waals surface area (Å²) in [4.78, 5) is 24.8. The van der Waals surface area contributed by atoms with Gasteiger partial charge in [0.05, 0.1) is 26.8 Å². The summed E-state index contributed by atoms with van der Waals surface area (Å²) in [5.74, 6) is -0.511. The number of hydrogen-bond donors (Lipinski definition) is 2. The molecule has 4 aromatic rings. The van der Waals surface area contributed by atoms with Crippen molar-refractivity contribution in [3.63, 3.8) is 0 Å². The van der Waals surface area contributed by atoms with E-state index < -0.39 is 22.5 Å². The largest absolute Gasteiger partial charge is 0.484 e. The Morgan fingerprint density at radius 2 is 1.49 bits per heavy atom. The first-order chi connectivity index (χ1) is 19.7. The Balaban J connectivity index is 1.36. The van der Waals surface area contributed by atoms with Crippen molar-refractivity contribution in [2.75, 3.05) is 22.8 Å². The van der Waals surface area contributed by atoms with E-state index in [0.29, 0.717) is 17.0 Å². The molecule has 2 amide bonds. The fraction of sp³-hybridized carbons (Fsp3) is 0.0690. The first-order valence-electron chi connectivity index (χ1n) is 12.1. The molecule has 0 atom stereocenters. The Labute approximate surface area is 247 Å². The van der Waals surface area contributed by atoms with E-state index in [9.17, 15) is 18.0 Å². The standard InChI is InChI=1S/C29H24Cl2N4O5S/c30-26-16-13-23(17-27(26)31)35(41(38,39)25-9-5-2-6-10-25)19-28(36)34-32-18-21-11-14-24(15-12-21)40-20-29(37)33-22-7-3-1-4-8-22/h1-18H,19-20H2,(H,33,37)(H,34,36)/b32-18-. The molecule has 0 unspecified atom stereocenters. The van der Waals surface area contributed by atoms with Gasteiger partial charge in [0.2, 0.25) is 0 Å². The number of rotatable bonds is 11. The summed E-state index contributed by atoms with van der Waals surface area (Å²) in [5.41, 5.74) is 3.81. The second-order valence-corrected chi connectivity index (χ2v) is 11.2. The highest BCUT2D eigenvalue weighted by Gasteiger charge is 2.27. The number of nitrogens with one attached hydrogen (secondary N) is 2. The number of carbonyl (C=O) groups is 2. The lowest BCUT2D eigenvalue weighted by molar-refractivity contribution is -0.119. The number of benzene rings is 4. The molecule has 0 fully saturated rings. The first-order valence-corrected chi connectivity index (χ1v) is 14.3. The number of amides is 2. The van der Waals surface area contributed by atoms with Gasteiger partial charge in [-0.2, -0.15) is 5.10 Å². The zero-order valence-electron chi connectivity index (χ0n) is 21.4. The molecule has 0 radical (unpaired) electrons. The van der Waals surface area contributed by atoms with E-state index >= 15 is 0 Å². The maximum atomic E-state index is 13.4. The van der Waals surface area contributed by atoms with E-state index in [0.717, 1.165) is 4.31 Å². The second-order valence-electron chi connectivity index (χ2n) is 8.49. The fourth-order valence-electron chi connectivity index (χ4n) is 3.54. The monoisotopic (exact) mass is 610 g/mol. The molecule has 0 aliphatic carbocycles. The molecule has 4 rings (SSSR count). The van der Waals surface area contributed by atoms with Crippen LogP contribution in [0.2, 0.25) is 10.0 Å². The van der Waals surface area contributed by atoms with E-state index in [-0.39, 0.29) is 33.1 Å². The lowest BCUT2D eigenvalue weighted by Gasteiger charge is -2.24. The number of nitrogens with zero attached hydrogens (tertiary/aromatic N) is 2. The molecule has 0 saturated heterocycles. The lowest BCUT2D eigenvalue weighted by atomic mass is 10.2. The Hall–Kier alpha value is -4.38. The average Bonchev–Trinajstić information content (AvgIpc) is 2.98. The summed E-state index contributed by atoms with van der Waals surface area (Å²) in [5, 5.41) is 7.04. The number of hydrogen-bond acceptors (Lipinski definition) is 6. The second kappa shape index (κ2) is 13.8. The minimum absolute atomic E-state index is 0.00206. The van der Waals surface area contributed by atoms with Gasteiger partial charge in [-0.05, 0) is 72.3 Å². The molecule has 0 aliphatic heterocycles. The third kappa shape index (κ3) is 8.31. The van der Waals surface area contributed by atoms with Crippen LogP contribution in [0.1, 0.15) is 5.56 Å². The zero-order chi connectivity index (χ0) is 29.2. The molecule has 0 spiro atoms. The zero-order valence-corrected chi connectivity index (χ0v) is 23.7. The van der Waals surface area contributed by atoms with Gasteiger partial charge in [-0.3, -0.25) is 13.9 Å². The molecule has 0 aliphatic rings. The normalized spacial score (nSPS) is 11.2. The minimum atomic E-state index is -4.11. The summed E-state index contributed by atoms with van der Waals surface area (Å²) in [7, 11) is -4.11. The number of carbonyl (C=O) groups excluding carboxylic acids is 2. The Morgan fingerprint density at radius 3 is 2.15 bits per heavy atom. The van der Waals surface area contributed by atoms with Gasteiger partial charge in [0, 0.05) is 5.69 Å². The predicted octanol–water partition coefficient (Wildman–Crippen LogP) is 5.36. The molecule has 2 N–H and O–H groups in total. The minimum Gasteiger partial charge on any atom is -0.484 e.